The molecule has 3 nitrogen and oxygen atoms in total. The molecule has 0 aliphatic carbocycles. The molecule has 0 saturated heterocycles. The Bertz CT molecular complexity index is 207. The van der Waals surface area contributed by atoms with Gasteiger partial charge in [0.1, 0.15) is 0 Å². The van der Waals surface area contributed by atoms with Crippen molar-refractivity contribution in [2.24, 2.45) is 11.8 Å². The number of carbonyl (C=O) groups excluding carboxylic acids is 1. The highest BCUT2D eigenvalue weighted by Gasteiger charge is 2.08. The first-order chi connectivity index (χ1) is 6.49. The molecule has 0 atom stereocenters. The van der Waals surface area contributed by atoms with E-state index in [4.69, 9.17) is 5.11 Å². The van der Waals surface area contributed by atoms with E-state index >= 15 is 0 Å². The van der Waals surface area contributed by atoms with Gasteiger partial charge in [0.2, 0.25) is 0 Å². The molecule has 0 aliphatic rings. The Hall–Kier alpha value is -0.830. The van der Waals surface area contributed by atoms with Gasteiger partial charge < -0.3 is 10.4 Å². The second kappa shape index (κ2) is 6.60. The minimum absolute atomic E-state index is 0.0275. The van der Waals surface area contributed by atoms with Crippen molar-refractivity contribution in [2.75, 3.05) is 13.2 Å². The first kappa shape index (κ1) is 13.2. The van der Waals surface area contributed by atoms with Crippen LogP contribution in [0.1, 0.15) is 27.7 Å². The lowest BCUT2D eigenvalue weighted by atomic mass is 10.0. The lowest BCUT2D eigenvalue weighted by Gasteiger charge is -2.13. The van der Waals surface area contributed by atoms with Crippen LogP contribution in [0.15, 0.2) is 11.8 Å². The van der Waals surface area contributed by atoms with Gasteiger partial charge in [0, 0.05) is 24.2 Å². The van der Waals surface area contributed by atoms with Crippen LogP contribution in [0.2, 0.25) is 0 Å². The van der Waals surface area contributed by atoms with Crippen molar-refractivity contribution < 1.29 is 9.90 Å². The normalized spacial score (nSPS) is 12.4. The van der Waals surface area contributed by atoms with E-state index in [0.29, 0.717) is 6.54 Å². The summed E-state index contributed by atoms with van der Waals surface area (Å²) in [5.41, 5.74) is 0.901. The highest BCUT2D eigenvalue weighted by molar-refractivity contribution is 5.91. The summed E-state index contributed by atoms with van der Waals surface area (Å²) in [4.78, 5) is 11.4. The van der Waals surface area contributed by atoms with Gasteiger partial charge in [-0.1, -0.05) is 27.7 Å². The number of aliphatic hydroxyl groups is 1. The second-order valence-corrected chi connectivity index (χ2v) is 3.96. The molecule has 0 aromatic carbocycles. The summed E-state index contributed by atoms with van der Waals surface area (Å²) in [6.45, 7) is 8.37. The number of rotatable bonds is 6. The van der Waals surface area contributed by atoms with Gasteiger partial charge in [-0.15, -0.1) is 0 Å². The fraction of sp³-hybridized carbons (Fsp3) is 0.727. The quantitative estimate of drug-likeness (QED) is 0.635. The Morgan fingerprint density at radius 1 is 1.29 bits per heavy atom. The molecule has 0 heterocycles. The molecular formula is C11H21NO2. The van der Waals surface area contributed by atoms with Gasteiger partial charge >= 0.3 is 0 Å². The zero-order valence-corrected chi connectivity index (χ0v) is 9.50. The molecule has 2 N–H and O–H groups in total. The van der Waals surface area contributed by atoms with E-state index in [-0.39, 0.29) is 24.2 Å². The smallest absolute Gasteiger partial charge is 0.159 e. The molecule has 0 aromatic heterocycles. The molecule has 0 radical (unpaired) electrons. The van der Waals surface area contributed by atoms with E-state index in [1.54, 1.807) is 6.08 Å². The largest absolute Gasteiger partial charge is 0.395 e. The zero-order valence-electron chi connectivity index (χ0n) is 9.50. The number of carbonyl (C=O) groups is 1. The van der Waals surface area contributed by atoms with Crippen molar-refractivity contribution in [1.82, 2.24) is 5.32 Å². The number of hydrogen-bond donors (Lipinski definition) is 2. The number of nitrogens with one attached hydrogen (secondary N) is 1. The predicted octanol–water partition coefficient (Wildman–Crippen LogP) is 1.33. The fourth-order valence-corrected chi connectivity index (χ4v) is 0.942. The van der Waals surface area contributed by atoms with E-state index in [9.17, 15) is 4.79 Å². The molecule has 0 saturated carbocycles. The third kappa shape index (κ3) is 5.02. The maximum absolute atomic E-state index is 11.4. The summed E-state index contributed by atoms with van der Waals surface area (Å²) >= 11 is 0. The summed E-state index contributed by atoms with van der Waals surface area (Å²) in [7, 11) is 0. The molecular weight excluding hydrogens is 178 g/mol. The molecule has 3 heteroatoms. The maximum atomic E-state index is 11.4. The number of ketones is 1. The minimum Gasteiger partial charge on any atom is -0.395 e. The average Bonchev–Trinajstić information content (AvgIpc) is 2.10. The van der Waals surface area contributed by atoms with Gasteiger partial charge in [-0.25, -0.2) is 0 Å². The highest BCUT2D eigenvalue weighted by atomic mass is 16.3. The predicted molar refractivity (Wildman–Crippen MR) is 57.9 cm³/mol. The van der Waals surface area contributed by atoms with Crippen molar-refractivity contribution in [3.8, 4) is 0 Å². The Labute approximate surface area is 86.2 Å². The standard InChI is InChI=1S/C11H21NO2/c1-8(2)10(12-5-6-13)7-11(14)9(3)4/h7-9,12-13H,5-6H2,1-4H3/b10-7-. The Morgan fingerprint density at radius 3 is 2.21 bits per heavy atom. The van der Waals surface area contributed by atoms with Crippen molar-refractivity contribution in [3.63, 3.8) is 0 Å². The topological polar surface area (TPSA) is 49.3 Å². The highest BCUT2D eigenvalue weighted by Crippen LogP contribution is 2.07. The Morgan fingerprint density at radius 2 is 1.86 bits per heavy atom. The van der Waals surface area contributed by atoms with Crippen LogP contribution in [-0.2, 0) is 4.79 Å². The minimum atomic E-state index is 0.0275. The van der Waals surface area contributed by atoms with Crippen LogP contribution < -0.4 is 5.32 Å². The summed E-state index contributed by atoms with van der Waals surface area (Å²) < 4.78 is 0. The third-order valence-corrected chi connectivity index (χ3v) is 1.93. The number of allylic oxidation sites excluding steroid dienone is 2. The monoisotopic (exact) mass is 199 g/mol. The van der Waals surface area contributed by atoms with E-state index < -0.39 is 0 Å². The van der Waals surface area contributed by atoms with Crippen molar-refractivity contribution in [3.05, 3.63) is 11.8 Å². The summed E-state index contributed by atoms with van der Waals surface area (Å²) in [5.74, 6) is 0.433. The van der Waals surface area contributed by atoms with Crippen LogP contribution in [0.4, 0.5) is 0 Å². The van der Waals surface area contributed by atoms with Crippen molar-refractivity contribution >= 4 is 5.78 Å². The van der Waals surface area contributed by atoms with Crippen molar-refractivity contribution in [2.45, 2.75) is 27.7 Å². The molecule has 0 bridgehead atoms. The van der Waals surface area contributed by atoms with Gasteiger partial charge in [0.25, 0.3) is 0 Å². The lowest BCUT2D eigenvalue weighted by molar-refractivity contribution is -0.117. The van der Waals surface area contributed by atoms with Gasteiger partial charge in [0.15, 0.2) is 5.78 Å². The molecule has 0 aromatic rings. The van der Waals surface area contributed by atoms with Crippen LogP contribution in [0.3, 0.4) is 0 Å². The molecule has 82 valence electrons. The Kier molecular flexibility index (Phi) is 6.21. The molecule has 0 rings (SSSR count). The molecule has 0 aliphatic heterocycles. The van der Waals surface area contributed by atoms with Crippen molar-refractivity contribution in [1.29, 1.82) is 0 Å². The lowest BCUT2D eigenvalue weighted by Crippen LogP contribution is -2.22. The van der Waals surface area contributed by atoms with Gasteiger partial charge in [0.05, 0.1) is 6.61 Å². The van der Waals surface area contributed by atoms with Gasteiger partial charge in [-0.05, 0) is 5.92 Å². The summed E-state index contributed by atoms with van der Waals surface area (Å²) in [6.07, 6.45) is 1.64. The van der Waals surface area contributed by atoms with Gasteiger partial charge in [-0.3, -0.25) is 4.79 Å². The molecule has 0 unspecified atom stereocenters. The molecule has 0 fully saturated rings. The summed E-state index contributed by atoms with van der Waals surface area (Å²) in [5, 5.41) is 11.7. The van der Waals surface area contributed by atoms with E-state index in [1.807, 2.05) is 27.7 Å². The van der Waals surface area contributed by atoms with Crippen LogP contribution in [-0.4, -0.2) is 24.0 Å². The average molecular weight is 199 g/mol. The zero-order chi connectivity index (χ0) is 11.1. The molecule has 14 heavy (non-hydrogen) atoms. The third-order valence-electron chi connectivity index (χ3n) is 1.93. The van der Waals surface area contributed by atoms with Crippen LogP contribution in [0.5, 0.6) is 0 Å². The fourth-order valence-electron chi connectivity index (χ4n) is 0.942. The second-order valence-electron chi connectivity index (χ2n) is 3.96. The van der Waals surface area contributed by atoms with E-state index in [2.05, 4.69) is 5.32 Å². The maximum Gasteiger partial charge on any atom is 0.159 e. The first-order valence-electron chi connectivity index (χ1n) is 5.09. The van der Waals surface area contributed by atoms with Crippen LogP contribution in [0, 0.1) is 11.8 Å². The van der Waals surface area contributed by atoms with Crippen LogP contribution in [0.25, 0.3) is 0 Å². The Balaban J connectivity index is 4.39. The molecule has 0 amide bonds. The SMILES string of the molecule is CC(C)C(=O)/C=C(\NCCO)C(C)C. The van der Waals surface area contributed by atoms with E-state index in [0.717, 1.165) is 5.70 Å². The summed E-state index contributed by atoms with van der Waals surface area (Å²) in [6, 6.07) is 0. The number of hydrogen-bond acceptors (Lipinski definition) is 3. The van der Waals surface area contributed by atoms with Crippen LogP contribution >= 0.6 is 0 Å². The number of aliphatic hydroxyl groups excluding tert-OH is 1. The van der Waals surface area contributed by atoms with E-state index in [1.165, 1.54) is 0 Å². The first-order valence-corrected chi connectivity index (χ1v) is 5.09. The molecule has 0 spiro atoms. The van der Waals surface area contributed by atoms with Gasteiger partial charge in [-0.2, -0.15) is 0 Å².